The van der Waals surface area contributed by atoms with Crippen LogP contribution in [0.3, 0.4) is 0 Å². The van der Waals surface area contributed by atoms with Gasteiger partial charge in [-0.25, -0.2) is 8.42 Å². The molecule has 9 heteroatoms. The Morgan fingerprint density at radius 3 is 2.15 bits per heavy atom. The topological polar surface area (TPSA) is 94.2 Å². The predicted octanol–water partition coefficient (Wildman–Crippen LogP) is 4.33. The lowest BCUT2D eigenvalue weighted by molar-refractivity contribution is -0.118. The van der Waals surface area contributed by atoms with Crippen LogP contribution in [-0.4, -0.2) is 41.2 Å². The molecule has 0 spiro atoms. The number of sulfonamides is 1. The van der Waals surface area contributed by atoms with E-state index in [0.717, 1.165) is 0 Å². The van der Waals surface area contributed by atoms with Gasteiger partial charge < -0.3 is 19.5 Å². The van der Waals surface area contributed by atoms with Crippen LogP contribution < -0.4 is 23.8 Å². The lowest BCUT2D eigenvalue weighted by Gasteiger charge is -2.23. The monoisotopic (exact) mass is 484 g/mol. The second-order valence-electron chi connectivity index (χ2n) is 7.11. The lowest BCUT2D eigenvalue weighted by Crippen LogP contribution is -2.30. The fourth-order valence-corrected chi connectivity index (χ4v) is 4.79. The number of methoxy groups -OCH3 is 1. The fraction of sp³-hybridized carbons (Fsp3) is 0.240. The molecule has 0 aromatic heterocycles. The molecular weight excluding hydrogens is 456 g/mol. The number of carbonyl (C=O) groups is 1. The van der Waals surface area contributed by atoms with E-state index in [9.17, 15) is 13.2 Å². The number of benzene rings is 3. The number of nitrogens with one attached hydrogen (secondary N) is 1. The van der Waals surface area contributed by atoms with Crippen molar-refractivity contribution in [3.8, 4) is 17.2 Å². The first-order valence-electron chi connectivity index (χ1n) is 10.8. The van der Waals surface area contributed by atoms with E-state index < -0.39 is 15.9 Å². The Morgan fingerprint density at radius 1 is 0.912 bits per heavy atom. The van der Waals surface area contributed by atoms with Gasteiger partial charge in [0.2, 0.25) is 0 Å². The summed E-state index contributed by atoms with van der Waals surface area (Å²) in [6, 6.07) is 20.1. The van der Waals surface area contributed by atoms with Gasteiger partial charge in [-0.05, 0) is 68.4 Å². The number of ether oxygens (including phenoxy) is 3. The van der Waals surface area contributed by atoms with Gasteiger partial charge in [-0.1, -0.05) is 18.2 Å². The molecule has 3 aromatic rings. The fourth-order valence-electron chi connectivity index (χ4n) is 3.29. The van der Waals surface area contributed by atoms with E-state index in [1.807, 2.05) is 13.0 Å². The van der Waals surface area contributed by atoms with Crippen molar-refractivity contribution >= 4 is 27.3 Å². The van der Waals surface area contributed by atoms with Crippen molar-refractivity contribution in [2.24, 2.45) is 0 Å². The maximum Gasteiger partial charge on any atom is 0.264 e. The molecule has 3 rings (SSSR count). The number of hydrogen-bond donors (Lipinski definition) is 1. The van der Waals surface area contributed by atoms with Gasteiger partial charge in [-0.2, -0.15) is 0 Å². The first-order valence-corrected chi connectivity index (χ1v) is 12.2. The molecule has 0 fully saturated rings. The minimum absolute atomic E-state index is 0.0294. The molecule has 0 unspecified atom stereocenters. The first kappa shape index (κ1) is 24.9. The standard InChI is InChI=1S/C25H28N2O6S/c1-4-27(19-9-7-6-8-10-19)34(29,30)22-15-16-24(31-3)23(17-22)26-25(28)18-33-21-13-11-20(12-14-21)32-5-2/h6-17H,4-5,18H2,1-3H3,(H,26,28). The van der Waals surface area contributed by atoms with Crippen LogP contribution >= 0.6 is 0 Å². The number of carbonyl (C=O) groups excluding carboxylic acids is 1. The van der Waals surface area contributed by atoms with E-state index in [1.54, 1.807) is 55.5 Å². The summed E-state index contributed by atoms with van der Waals surface area (Å²) in [7, 11) is -2.43. The molecule has 1 N–H and O–H groups in total. The molecule has 3 aromatic carbocycles. The summed E-state index contributed by atoms with van der Waals surface area (Å²) in [5.74, 6) is 1.08. The molecule has 0 atom stereocenters. The number of para-hydroxylation sites is 1. The smallest absolute Gasteiger partial charge is 0.264 e. The van der Waals surface area contributed by atoms with Gasteiger partial charge in [0.25, 0.3) is 15.9 Å². The van der Waals surface area contributed by atoms with E-state index in [4.69, 9.17) is 14.2 Å². The summed E-state index contributed by atoms with van der Waals surface area (Å²) < 4.78 is 44.2. The minimum Gasteiger partial charge on any atom is -0.495 e. The van der Waals surface area contributed by atoms with Crippen molar-refractivity contribution in [1.29, 1.82) is 0 Å². The highest BCUT2D eigenvalue weighted by atomic mass is 32.2. The van der Waals surface area contributed by atoms with Gasteiger partial charge in [-0.3, -0.25) is 9.10 Å². The molecular formula is C25H28N2O6S. The van der Waals surface area contributed by atoms with Gasteiger partial charge in [0, 0.05) is 6.54 Å². The number of anilines is 2. The van der Waals surface area contributed by atoms with E-state index in [2.05, 4.69) is 5.32 Å². The summed E-state index contributed by atoms with van der Waals surface area (Å²) in [6.45, 7) is 4.19. The summed E-state index contributed by atoms with van der Waals surface area (Å²) in [6.07, 6.45) is 0. The zero-order chi connectivity index (χ0) is 24.6. The van der Waals surface area contributed by atoms with Gasteiger partial charge >= 0.3 is 0 Å². The Bertz CT molecular complexity index is 1200. The zero-order valence-electron chi connectivity index (χ0n) is 19.4. The molecule has 34 heavy (non-hydrogen) atoms. The van der Waals surface area contributed by atoms with E-state index in [0.29, 0.717) is 29.5 Å². The average molecular weight is 485 g/mol. The Hall–Kier alpha value is -3.72. The third-order valence-electron chi connectivity index (χ3n) is 4.87. The van der Waals surface area contributed by atoms with Crippen LogP contribution in [0.15, 0.2) is 77.7 Å². The van der Waals surface area contributed by atoms with Crippen LogP contribution in [0.25, 0.3) is 0 Å². The quantitative estimate of drug-likeness (QED) is 0.436. The minimum atomic E-state index is -3.87. The largest absolute Gasteiger partial charge is 0.495 e. The Labute approximate surface area is 200 Å². The van der Waals surface area contributed by atoms with Gasteiger partial charge in [0.05, 0.1) is 30.0 Å². The summed E-state index contributed by atoms with van der Waals surface area (Å²) in [4.78, 5) is 12.5. The highest BCUT2D eigenvalue weighted by Gasteiger charge is 2.25. The maximum atomic E-state index is 13.3. The normalized spacial score (nSPS) is 10.9. The van der Waals surface area contributed by atoms with Crippen molar-refractivity contribution in [2.45, 2.75) is 18.7 Å². The molecule has 180 valence electrons. The SMILES string of the molecule is CCOc1ccc(OCC(=O)Nc2cc(S(=O)(=O)N(CC)c3ccccc3)ccc2OC)cc1. The van der Waals surface area contributed by atoms with Gasteiger partial charge in [-0.15, -0.1) is 0 Å². The molecule has 0 radical (unpaired) electrons. The second-order valence-corrected chi connectivity index (χ2v) is 8.97. The number of amides is 1. The Kier molecular flexibility index (Phi) is 8.37. The van der Waals surface area contributed by atoms with Crippen LogP contribution in [0.1, 0.15) is 13.8 Å². The van der Waals surface area contributed by atoms with E-state index in [1.165, 1.54) is 29.6 Å². The predicted molar refractivity (Wildman–Crippen MR) is 131 cm³/mol. The number of rotatable bonds is 11. The molecule has 0 aliphatic heterocycles. The third kappa shape index (κ3) is 5.99. The highest BCUT2D eigenvalue weighted by Crippen LogP contribution is 2.30. The van der Waals surface area contributed by atoms with Crippen LogP contribution in [0.2, 0.25) is 0 Å². The Balaban J connectivity index is 1.76. The molecule has 0 aliphatic rings. The number of hydrogen-bond acceptors (Lipinski definition) is 6. The van der Waals surface area contributed by atoms with Gasteiger partial charge in [0.1, 0.15) is 17.2 Å². The molecule has 0 bridgehead atoms. The molecule has 8 nitrogen and oxygen atoms in total. The molecule has 1 amide bonds. The van der Waals surface area contributed by atoms with Crippen LogP contribution in [0, 0.1) is 0 Å². The lowest BCUT2D eigenvalue weighted by atomic mass is 10.3. The van der Waals surface area contributed by atoms with Crippen molar-refractivity contribution in [3.63, 3.8) is 0 Å². The zero-order valence-corrected chi connectivity index (χ0v) is 20.2. The van der Waals surface area contributed by atoms with Crippen molar-refractivity contribution in [2.75, 3.05) is 36.5 Å². The molecule has 0 saturated heterocycles. The molecule has 0 aliphatic carbocycles. The number of nitrogens with zero attached hydrogens (tertiary/aromatic N) is 1. The average Bonchev–Trinajstić information content (AvgIpc) is 2.84. The van der Waals surface area contributed by atoms with Crippen molar-refractivity contribution in [3.05, 3.63) is 72.8 Å². The summed E-state index contributed by atoms with van der Waals surface area (Å²) >= 11 is 0. The second kappa shape index (κ2) is 11.4. The third-order valence-corrected chi connectivity index (χ3v) is 6.77. The van der Waals surface area contributed by atoms with Crippen LogP contribution in [0.5, 0.6) is 17.2 Å². The summed E-state index contributed by atoms with van der Waals surface area (Å²) in [5.41, 5.74) is 0.781. The van der Waals surface area contributed by atoms with Crippen molar-refractivity contribution in [1.82, 2.24) is 0 Å². The highest BCUT2D eigenvalue weighted by molar-refractivity contribution is 7.92. The van der Waals surface area contributed by atoms with Crippen LogP contribution in [0.4, 0.5) is 11.4 Å². The summed E-state index contributed by atoms with van der Waals surface area (Å²) in [5, 5.41) is 2.68. The first-order chi connectivity index (χ1) is 16.4. The van der Waals surface area contributed by atoms with Gasteiger partial charge in [0.15, 0.2) is 6.61 Å². The van der Waals surface area contributed by atoms with E-state index in [-0.39, 0.29) is 23.7 Å². The molecule has 0 saturated carbocycles. The maximum absolute atomic E-state index is 13.3. The molecule has 0 heterocycles. The van der Waals surface area contributed by atoms with Crippen molar-refractivity contribution < 1.29 is 27.4 Å². The van der Waals surface area contributed by atoms with Crippen LogP contribution in [-0.2, 0) is 14.8 Å². The Morgan fingerprint density at radius 2 is 1.56 bits per heavy atom. The van der Waals surface area contributed by atoms with E-state index >= 15 is 0 Å².